The van der Waals surface area contributed by atoms with Crippen molar-refractivity contribution in [2.75, 3.05) is 7.11 Å². The highest BCUT2D eigenvalue weighted by atomic mass is 35.5. The molecule has 0 saturated heterocycles. The van der Waals surface area contributed by atoms with Gasteiger partial charge in [0.15, 0.2) is 5.84 Å². The van der Waals surface area contributed by atoms with E-state index in [1.54, 1.807) is 0 Å². The minimum atomic E-state index is 0. The van der Waals surface area contributed by atoms with Gasteiger partial charge >= 0.3 is 0 Å². The molecule has 0 aromatic heterocycles. The number of hydrogen-bond donors (Lipinski definition) is 2. The zero-order valence-electron chi connectivity index (χ0n) is 13.1. The van der Waals surface area contributed by atoms with Gasteiger partial charge in [0.2, 0.25) is 0 Å². The van der Waals surface area contributed by atoms with Gasteiger partial charge < -0.3 is 16.3 Å². The Kier molecular flexibility index (Phi) is 10.1. The summed E-state index contributed by atoms with van der Waals surface area (Å²) in [6.45, 7) is 0.589. The summed E-state index contributed by atoms with van der Waals surface area (Å²) in [5, 5.41) is 3.72. The van der Waals surface area contributed by atoms with Crippen molar-refractivity contribution >= 4 is 30.6 Å². The molecule has 6 heteroatoms. The summed E-state index contributed by atoms with van der Waals surface area (Å²) < 4.78 is 0. The Balaban J connectivity index is 0.00000242. The van der Waals surface area contributed by atoms with Crippen molar-refractivity contribution < 1.29 is 4.84 Å². The fraction of sp³-hybridized carbons (Fsp3) is 0.235. The van der Waals surface area contributed by atoms with E-state index < -0.39 is 0 Å². The van der Waals surface area contributed by atoms with Crippen LogP contribution in [0.3, 0.4) is 0 Å². The number of hydrogen-bond acceptors (Lipinski definition) is 3. The maximum atomic E-state index is 5.76. The molecule has 0 aliphatic carbocycles. The molecule has 4 N–H and O–H groups in total. The van der Waals surface area contributed by atoms with Gasteiger partial charge in [-0.05, 0) is 29.5 Å². The van der Waals surface area contributed by atoms with Gasteiger partial charge in [-0.3, -0.25) is 0 Å². The topological polar surface area (TPSA) is 73.6 Å². The summed E-state index contributed by atoms with van der Waals surface area (Å²) in [5.74, 6) is 0.390. The molecular formula is C17H23Cl2N3O. The first kappa shape index (κ1) is 21.2. The van der Waals surface area contributed by atoms with Crippen LogP contribution in [0.1, 0.15) is 22.3 Å². The van der Waals surface area contributed by atoms with Crippen molar-refractivity contribution in [1.82, 2.24) is 0 Å². The molecule has 0 unspecified atom stereocenters. The molecule has 0 amide bonds. The third-order valence-corrected chi connectivity index (χ3v) is 3.40. The van der Waals surface area contributed by atoms with E-state index >= 15 is 0 Å². The predicted molar refractivity (Wildman–Crippen MR) is 100 cm³/mol. The van der Waals surface area contributed by atoms with Gasteiger partial charge in [-0.15, -0.1) is 24.8 Å². The van der Waals surface area contributed by atoms with Gasteiger partial charge in [0.1, 0.15) is 7.11 Å². The molecular weight excluding hydrogens is 333 g/mol. The predicted octanol–water partition coefficient (Wildman–Crippen LogP) is 3.04. The molecule has 0 aliphatic rings. The maximum Gasteiger partial charge on any atom is 0.170 e. The Morgan fingerprint density at radius 1 is 0.870 bits per heavy atom. The fourth-order valence-corrected chi connectivity index (χ4v) is 2.12. The lowest BCUT2D eigenvalue weighted by Crippen LogP contribution is -2.13. The molecule has 2 aromatic carbocycles. The van der Waals surface area contributed by atoms with E-state index in [-0.39, 0.29) is 24.8 Å². The lowest BCUT2D eigenvalue weighted by molar-refractivity contribution is 0.213. The van der Waals surface area contributed by atoms with E-state index in [4.69, 9.17) is 11.5 Å². The van der Waals surface area contributed by atoms with Gasteiger partial charge in [0.05, 0.1) is 0 Å². The molecule has 0 heterocycles. The number of benzene rings is 2. The molecule has 2 aromatic rings. The molecule has 4 nitrogen and oxygen atoms in total. The summed E-state index contributed by atoms with van der Waals surface area (Å²) in [5.41, 5.74) is 16.0. The van der Waals surface area contributed by atoms with Crippen molar-refractivity contribution in [3.8, 4) is 0 Å². The molecule has 0 bridgehead atoms. The van der Waals surface area contributed by atoms with Crippen molar-refractivity contribution in [1.29, 1.82) is 0 Å². The summed E-state index contributed by atoms with van der Waals surface area (Å²) in [6.07, 6.45) is 2.00. The van der Waals surface area contributed by atoms with Gasteiger partial charge in [-0.2, -0.15) is 0 Å². The van der Waals surface area contributed by atoms with Crippen LogP contribution in [-0.2, 0) is 24.2 Å². The molecule has 0 aliphatic heterocycles. The van der Waals surface area contributed by atoms with Crippen LogP contribution in [0.2, 0.25) is 0 Å². The van der Waals surface area contributed by atoms with Gasteiger partial charge in [0.25, 0.3) is 0 Å². The highest BCUT2D eigenvalue weighted by Crippen LogP contribution is 2.10. The molecule has 0 spiro atoms. The first-order valence-corrected chi connectivity index (χ1v) is 6.96. The second kappa shape index (κ2) is 10.9. The van der Waals surface area contributed by atoms with E-state index in [0.29, 0.717) is 12.4 Å². The number of rotatable bonds is 6. The first-order valence-electron chi connectivity index (χ1n) is 6.96. The van der Waals surface area contributed by atoms with Crippen molar-refractivity contribution in [2.24, 2.45) is 16.6 Å². The van der Waals surface area contributed by atoms with E-state index in [9.17, 15) is 0 Å². The normalized spacial score (nSPS) is 10.4. The summed E-state index contributed by atoms with van der Waals surface area (Å²) in [4.78, 5) is 4.67. The van der Waals surface area contributed by atoms with Crippen LogP contribution < -0.4 is 11.5 Å². The number of nitrogens with two attached hydrogens (primary N) is 2. The van der Waals surface area contributed by atoms with Crippen LogP contribution >= 0.6 is 24.8 Å². The van der Waals surface area contributed by atoms with Gasteiger partial charge in [-0.25, -0.2) is 0 Å². The lowest BCUT2D eigenvalue weighted by Gasteiger charge is -2.05. The van der Waals surface area contributed by atoms with Crippen molar-refractivity contribution in [2.45, 2.75) is 19.4 Å². The van der Waals surface area contributed by atoms with Crippen LogP contribution in [0.4, 0.5) is 0 Å². The molecule has 2 rings (SSSR count). The largest absolute Gasteiger partial charge is 0.397 e. The second-order valence-corrected chi connectivity index (χ2v) is 4.88. The minimum Gasteiger partial charge on any atom is -0.397 e. The van der Waals surface area contributed by atoms with Crippen LogP contribution in [0.15, 0.2) is 53.7 Å². The summed E-state index contributed by atoms with van der Waals surface area (Å²) in [6, 6.07) is 16.5. The SMILES string of the molecule is CO/N=C(\N)c1ccc(CCc2ccc(CN)cc2)cc1.Cl.Cl. The summed E-state index contributed by atoms with van der Waals surface area (Å²) in [7, 11) is 1.48. The highest BCUT2D eigenvalue weighted by molar-refractivity contribution is 5.97. The molecule has 0 atom stereocenters. The second-order valence-electron chi connectivity index (χ2n) is 4.88. The fourth-order valence-electron chi connectivity index (χ4n) is 2.12. The van der Waals surface area contributed by atoms with Crippen molar-refractivity contribution in [3.63, 3.8) is 0 Å². The average molecular weight is 356 g/mol. The Hall–Kier alpha value is -1.75. The number of aryl methyl sites for hydroxylation is 2. The minimum absolute atomic E-state index is 0. The van der Waals surface area contributed by atoms with Crippen molar-refractivity contribution in [3.05, 3.63) is 70.8 Å². The molecule has 23 heavy (non-hydrogen) atoms. The number of oxime groups is 1. The van der Waals surface area contributed by atoms with Crippen LogP contribution in [-0.4, -0.2) is 12.9 Å². The Bertz CT molecular complexity index is 598. The van der Waals surface area contributed by atoms with Gasteiger partial charge in [-0.1, -0.05) is 53.7 Å². The maximum absolute atomic E-state index is 5.76. The molecule has 0 radical (unpaired) electrons. The standard InChI is InChI=1S/C17H21N3O.2ClH/c1-21-20-17(19)16-10-8-14(9-11-16)3-2-13-4-6-15(12-18)7-5-13;;/h4-11H,2-3,12,18H2,1H3,(H2,19,20);2*1H. The quantitative estimate of drug-likeness (QED) is 0.475. The van der Waals surface area contributed by atoms with Gasteiger partial charge in [0, 0.05) is 12.1 Å². The van der Waals surface area contributed by atoms with Crippen LogP contribution in [0, 0.1) is 0 Å². The third kappa shape index (κ3) is 6.48. The monoisotopic (exact) mass is 355 g/mol. The highest BCUT2D eigenvalue weighted by Gasteiger charge is 2.00. The van der Waals surface area contributed by atoms with E-state index in [1.807, 2.05) is 12.1 Å². The first-order chi connectivity index (χ1) is 10.2. The summed E-state index contributed by atoms with van der Waals surface area (Å²) >= 11 is 0. The Morgan fingerprint density at radius 3 is 1.74 bits per heavy atom. The Labute approximate surface area is 149 Å². The van der Waals surface area contributed by atoms with E-state index in [0.717, 1.165) is 24.0 Å². The molecule has 0 saturated carbocycles. The van der Waals surface area contributed by atoms with E-state index in [1.165, 1.54) is 18.2 Å². The number of nitrogens with zero attached hydrogens (tertiary/aromatic N) is 1. The number of halogens is 2. The Morgan fingerprint density at radius 2 is 1.30 bits per heavy atom. The molecule has 126 valence electrons. The average Bonchev–Trinajstić information content (AvgIpc) is 2.54. The van der Waals surface area contributed by atoms with E-state index in [2.05, 4.69) is 46.4 Å². The van der Waals surface area contributed by atoms with Crippen LogP contribution in [0.25, 0.3) is 0 Å². The smallest absolute Gasteiger partial charge is 0.170 e. The zero-order valence-corrected chi connectivity index (χ0v) is 14.7. The van der Waals surface area contributed by atoms with Crippen LogP contribution in [0.5, 0.6) is 0 Å². The lowest BCUT2D eigenvalue weighted by atomic mass is 10.0. The number of amidine groups is 1. The third-order valence-electron chi connectivity index (χ3n) is 3.40. The molecule has 0 fully saturated rings. The zero-order chi connectivity index (χ0) is 15.1.